The molecule has 0 bridgehead atoms. The molecule has 0 spiro atoms. The molecule has 2 aromatic rings. The van der Waals surface area contributed by atoms with Gasteiger partial charge in [0.05, 0.1) is 10.7 Å². The maximum atomic E-state index is 12.3. The second kappa shape index (κ2) is 8.35. The van der Waals surface area contributed by atoms with Crippen LogP contribution in [0.2, 0.25) is 10.0 Å². The fourth-order valence-electron chi connectivity index (χ4n) is 1.78. The number of nitrogens with one attached hydrogen (secondary N) is 2. The van der Waals surface area contributed by atoms with Crippen molar-refractivity contribution in [2.24, 2.45) is 0 Å². The Labute approximate surface area is 172 Å². The van der Waals surface area contributed by atoms with Crippen LogP contribution >= 0.6 is 73.9 Å². The Bertz CT molecular complexity index is 734. The highest BCUT2D eigenvalue weighted by molar-refractivity contribution is 9.10. The van der Waals surface area contributed by atoms with Crippen LogP contribution in [0.1, 0.15) is 10.4 Å². The highest BCUT2D eigenvalue weighted by atomic mass is 79.9. The molecule has 0 radical (unpaired) electrons. The van der Waals surface area contributed by atoms with Crippen LogP contribution in [-0.2, 0) is 0 Å². The molecule has 0 saturated carbocycles. The fourth-order valence-corrected chi connectivity index (χ4v) is 2.83. The van der Waals surface area contributed by atoms with Crippen molar-refractivity contribution in [3.8, 4) is 0 Å². The predicted molar refractivity (Wildman–Crippen MR) is 106 cm³/mol. The van der Waals surface area contributed by atoms with Gasteiger partial charge in [-0.1, -0.05) is 73.9 Å². The van der Waals surface area contributed by atoms with Crippen LogP contribution in [0.5, 0.6) is 0 Å². The molecular formula is C15H10BrCl5N2O. The van der Waals surface area contributed by atoms with Crippen molar-refractivity contribution in [3.05, 3.63) is 62.5 Å². The topological polar surface area (TPSA) is 41.1 Å². The van der Waals surface area contributed by atoms with Gasteiger partial charge < -0.3 is 10.6 Å². The standard InChI is InChI=1S/C15H10BrCl5N2O/c16-9-3-1-8(2-4-9)13(24)23-14(15(19,20)21)22-12-6-5-10(17)7-11(12)18/h1-7,14,22H,(H,23,24). The van der Waals surface area contributed by atoms with E-state index in [-0.39, 0.29) is 0 Å². The second-order valence-corrected chi connectivity index (χ2v) is 8.85. The van der Waals surface area contributed by atoms with Gasteiger partial charge in [-0.05, 0) is 42.5 Å². The van der Waals surface area contributed by atoms with Gasteiger partial charge in [0.25, 0.3) is 5.91 Å². The van der Waals surface area contributed by atoms with E-state index in [4.69, 9.17) is 58.0 Å². The van der Waals surface area contributed by atoms with Gasteiger partial charge in [0.1, 0.15) is 6.17 Å². The van der Waals surface area contributed by atoms with Gasteiger partial charge >= 0.3 is 0 Å². The van der Waals surface area contributed by atoms with E-state index in [2.05, 4.69) is 26.6 Å². The third-order valence-corrected chi connectivity index (χ3v) is 4.67. The second-order valence-electron chi connectivity index (χ2n) is 4.72. The summed E-state index contributed by atoms with van der Waals surface area (Å²) in [6.45, 7) is 0. The lowest BCUT2D eigenvalue weighted by molar-refractivity contribution is 0.0942. The zero-order valence-electron chi connectivity index (χ0n) is 11.8. The van der Waals surface area contributed by atoms with Crippen molar-refractivity contribution in [2.75, 3.05) is 5.32 Å². The van der Waals surface area contributed by atoms with Crippen molar-refractivity contribution >= 4 is 85.5 Å². The van der Waals surface area contributed by atoms with Crippen LogP contribution in [0.3, 0.4) is 0 Å². The molecule has 24 heavy (non-hydrogen) atoms. The van der Waals surface area contributed by atoms with Gasteiger partial charge in [-0.15, -0.1) is 0 Å². The summed E-state index contributed by atoms with van der Waals surface area (Å²) < 4.78 is -0.961. The summed E-state index contributed by atoms with van der Waals surface area (Å²) >= 11 is 33.2. The quantitative estimate of drug-likeness (QED) is 0.390. The van der Waals surface area contributed by atoms with Crippen LogP contribution in [0.15, 0.2) is 46.9 Å². The molecule has 1 amide bonds. The monoisotopic (exact) mass is 488 g/mol. The van der Waals surface area contributed by atoms with Crippen LogP contribution in [0, 0.1) is 0 Å². The smallest absolute Gasteiger partial charge is 0.252 e. The molecule has 2 N–H and O–H groups in total. The van der Waals surface area contributed by atoms with Crippen molar-refractivity contribution in [3.63, 3.8) is 0 Å². The minimum atomic E-state index is -1.81. The maximum absolute atomic E-state index is 12.3. The van der Waals surface area contributed by atoms with E-state index in [1.165, 1.54) is 6.07 Å². The molecule has 0 aromatic heterocycles. The molecule has 0 heterocycles. The third kappa shape index (κ3) is 5.58. The number of hydrogen-bond donors (Lipinski definition) is 2. The first kappa shape index (κ1) is 20.0. The number of halogens is 6. The molecule has 3 nitrogen and oxygen atoms in total. The number of amides is 1. The summed E-state index contributed by atoms with van der Waals surface area (Å²) in [6, 6.07) is 11.6. The molecule has 2 aromatic carbocycles. The van der Waals surface area contributed by atoms with Crippen LogP contribution in [0.4, 0.5) is 5.69 Å². The highest BCUT2D eigenvalue weighted by Gasteiger charge is 2.34. The Morgan fingerprint density at radius 3 is 2.21 bits per heavy atom. The van der Waals surface area contributed by atoms with Crippen molar-refractivity contribution in [1.82, 2.24) is 5.32 Å². The van der Waals surface area contributed by atoms with Crippen LogP contribution in [-0.4, -0.2) is 15.9 Å². The summed E-state index contributed by atoms with van der Waals surface area (Å²) in [5.41, 5.74) is 0.884. The fraction of sp³-hybridized carbons (Fsp3) is 0.133. The molecule has 2 rings (SSSR count). The summed E-state index contributed by atoms with van der Waals surface area (Å²) in [4.78, 5) is 12.3. The molecule has 128 valence electrons. The van der Waals surface area contributed by atoms with Crippen molar-refractivity contribution in [2.45, 2.75) is 9.96 Å². The van der Waals surface area contributed by atoms with Crippen molar-refractivity contribution in [1.29, 1.82) is 0 Å². The zero-order valence-corrected chi connectivity index (χ0v) is 17.2. The Hall–Kier alpha value is -0.360. The third-order valence-electron chi connectivity index (χ3n) is 2.94. The molecule has 0 aliphatic heterocycles. The number of carbonyl (C=O) groups excluding carboxylic acids is 1. The largest absolute Gasteiger partial charge is 0.361 e. The first-order valence-corrected chi connectivity index (χ1v) is 9.20. The Balaban J connectivity index is 2.19. The first-order chi connectivity index (χ1) is 11.2. The Kier molecular flexibility index (Phi) is 6.94. The summed E-state index contributed by atoms with van der Waals surface area (Å²) in [5, 5.41) is 6.33. The summed E-state index contributed by atoms with van der Waals surface area (Å²) in [6.07, 6.45) is -1.02. The SMILES string of the molecule is O=C(NC(Nc1ccc(Cl)cc1Cl)C(Cl)(Cl)Cl)c1ccc(Br)cc1. The highest BCUT2D eigenvalue weighted by Crippen LogP contribution is 2.33. The molecule has 0 aliphatic rings. The van der Waals surface area contributed by atoms with Gasteiger partial charge in [-0.3, -0.25) is 4.79 Å². The number of benzene rings is 2. The van der Waals surface area contributed by atoms with E-state index in [1.54, 1.807) is 36.4 Å². The molecule has 0 fully saturated rings. The zero-order chi connectivity index (χ0) is 17.9. The maximum Gasteiger partial charge on any atom is 0.252 e. The van der Waals surface area contributed by atoms with Gasteiger partial charge in [-0.2, -0.15) is 0 Å². The average molecular weight is 491 g/mol. The summed E-state index contributed by atoms with van der Waals surface area (Å²) in [7, 11) is 0. The normalized spacial score (nSPS) is 12.6. The number of alkyl halides is 3. The van der Waals surface area contributed by atoms with E-state index in [0.717, 1.165) is 4.47 Å². The minimum absolute atomic E-state index is 0.333. The number of rotatable bonds is 4. The molecular weight excluding hydrogens is 481 g/mol. The first-order valence-electron chi connectivity index (χ1n) is 6.51. The number of carbonyl (C=O) groups is 1. The molecule has 9 heteroatoms. The van der Waals surface area contributed by atoms with Gasteiger partial charge in [0, 0.05) is 15.1 Å². The van der Waals surface area contributed by atoms with Crippen LogP contribution < -0.4 is 10.6 Å². The van der Waals surface area contributed by atoms with E-state index >= 15 is 0 Å². The Morgan fingerprint density at radius 2 is 1.67 bits per heavy atom. The number of hydrogen-bond acceptors (Lipinski definition) is 2. The molecule has 1 atom stereocenters. The average Bonchev–Trinajstić information content (AvgIpc) is 2.48. The lowest BCUT2D eigenvalue weighted by Gasteiger charge is -2.28. The lowest BCUT2D eigenvalue weighted by Crippen LogP contribution is -2.49. The molecule has 0 saturated heterocycles. The van der Waals surface area contributed by atoms with Gasteiger partial charge in [0.15, 0.2) is 0 Å². The van der Waals surface area contributed by atoms with Gasteiger partial charge in [0.2, 0.25) is 3.79 Å². The van der Waals surface area contributed by atoms with E-state index in [9.17, 15) is 4.79 Å². The van der Waals surface area contributed by atoms with E-state index in [0.29, 0.717) is 21.3 Å². The van der Waals surface area contributed by atoms with E-state index < -0.39 is 15.9 Å². The number of anilines is 1. The lowest BCUT2D eigenvalue weighted by atomic mass is 10.2. The predicted octanol–water partition coefficient (Wildman–Crippen LogP) is 6.29. The molecule has 1 unspecified atom stereocenters. The minimum Gasteiger partial charge on any atom is -0.361 e. The summed E-state index contributed by atoms with van der Waals surface area (Å²) in [5.74, 6) is -0.406. The molecule has 0 aliphatic carbocycles. The van der Waals surface area contributed by atoms with Crippen molar-refractivity contribution < 1.29 is 4.79 Å². The van der Waals surface area contributed by atoms with Crippen LogP contribution in [0.25, 0.3) is 0 Å². The Morgan fingerprint density at radius 1 is 1.04 bits per heavy atom. The van der Waals surface area contributed by atoms with Gasteiger partial charge in [-0.25, -0.2) is 0 Å². The van der Waals surface area contributed by atoms with E-state index in [1.807, 2.05) is 0 Å².